The van der Waals surface area contributed by atoms with Crippen molar-refractivity contribution < 1.29 is 4.74 Å². The second kappa shape index (κ2) is 8.81. The Bertz CT molecular complexity index is 1940. The Balaban J connectivity index is 1.34. The first kappa shape index (κ1) is 24.0. The molecule has 0 saturated heterocycles. The zero-order chi connectivity index (χ0) is 27.6. The predicted molar refractivity (Wildman–Crippen MR) is 168 cm³/mol. The van der Waals surface area contributed by atoms with E-state index in [1.807, 2.05) is 0 Å². The molecule has 41 heavy (non-hydrogen) atoms. The summed E-state index contributed by atoms with van der Waals surface area (Å²) in [4.78, 5) is 0. The molecule has 8 rings (SSSR count). The lowest BCUT2D eigenvalue weighted by atomic mass is 9.69. The van der Waals surface area contributed by atoms with Crippen LogP contribution in [0.5, 0.6) is 11.5 Å². The lowest BCUT2D eigenvalue weighted by molar-refractivity contribution is 0.427. The molecule has 1 aliphatic carbocycles. The van der Waals surface area contributed by atoms with Gasteiger partial charge in [0.05, 0.1) is 0 Å². The van der Waals surface area contributed by atoms with Gasteiger partial charge in [-0.25, -0.2) is 0 Å². The number of para-hydroxylation sites is 1. The highest BCUT2D eigenvalue weighted by Gasteiger charge is 2.42. The third-order valence-corrected chi connectivity index (χ3v) is 9.52. The molecule has 2 unspecified atom stereocenters. The Labute approximate surface area is 241 Å². The molecule has 2 aliphatic rings. The van der Waals surface area contributed by atoms with Gasteiger partial charge >= 0.3 is 0 Å². The van der Waals surface area contributed by atoms with Gasteiger partial charge in [-0.05, 0) is 70.5 Å². The molecule has 0 spiro atoms. The summed E-state index contributed by atoms with van der Waals surface area (Å²) < 4.78 is 6.66. The van der Waals surface area contributed by atoms with E-state index in [0.29, 0.717) is 0 Å². The maximum Gasteiger partial charge on any atom is 0.132 e. The quantitative estimate of drug-likeness (QED) is 0.223. The van der Waals surface area contributed by atoms with Crippen LogP contribution in [-0.4, -0.2) is 0 Å². The summed E-state index contributed by atoms with van der Waals surface area (Å²) in [5.41, 5.74) is 12.1. The summed E-state index contributed by atoms with van der Waals surface area (Å²) in [5.74, 6) is 1.84. The maximum absolute atomic E-state index is 6.66. The smallest absolute Gasteiger partial charge is 0.132 e. The molecule has 0 N–H and O–H groups in total. The molecular weight excluding hydrogens is 496 g/mol. The van der Waals surface area contributed by atoms with Crippen LogP contribution in [0.1, 0.15) is 47.2 Å². The van der Waals surface area contributed by atoms with E-state index < -0.39 is 0 Å². The van der Waals surface area contributed by atoms with Crippen molar-refractivity contribution in [1.82, 2.24) is 0 Å². The molecule has 196 valence electrons. The fraction of sp³-hybridized carbons (Fsp3) is 0.100. The van der Waals surface area contributed by atoms with Crippen LogP contribution in [0.15, 0.2) is 146 Å². The van der Waals surface area contributed by atoms with Crippen molar-refractivity contribution in [2.45, 2.75) is 24.7 Å². The van der Waals surface area contributed by atoms with E-state index in [0.717, 1.165) is 11.5 Å². The predicted octanol–water partition coefficient (Wildman–Crippen LogP) is 10.1. The monoisotopic (exact) mass is 526 g/mol. The first-order valence-corrected chi connectivity index (χ1v) is 14.4. The van der Waals surface area contributed by atoms with Crippen LogP contribution >= 0.6 is 0 Å². The Morgan fingerprint density at radius 3 is 1.68 bits per heavy atom. The molecule has 0 bridgehead atoms. The highest BCUT2D eigenvalue weighted by molar-refractivity contribution is 5.94. The van der Waals surface area contributed by atoms with Gasteiger partial charge in [0.15, 0.2) is 0 Å². The first-order chi connectivity index (χ1) is 20.1. The molecule has 2 atom stereocenters. The normalized spacial score (nSPS) is 19.9. The number of fused-ring (bicyclic) bond motifs is 5. The van der Waals surface area contributed by atoms with Crippen LogP contribution in [-0.2, 0) is 10.8 Å². The summed E-state index contributed by atoms with van der Waals surface area (Å²) >= 11 is 0. The van der Waals surface area contributed by atoms with Crippen LogP contribution in [0.3, 0.4) is 0 Å². The number of benzene rings is 6. The van der Waals surface area contributed by atoms with Gasteiger partial charge in [-0.1, -0.05) is 133 Å². The van der Waals surface area contributed by atoms with Gasteiger partial charge in [-0.2, -0.15) is 0 Å². The van der Waals surface area contributed by atoms with E-state index in [1.54, 1.807) is 0 Å². The third kappa shape index (κ3) is 3.30. The van der Waals surface area contributed by atoms with Crippen molar-refractivity contribution >= 4 is 0 Å². The molecule has 0 saturated carbocycles. The summed E-state index contributed by atoms with van der Waals surface area (Å²) in [5, 5.41) is 0. The lowest BCUT2D eigenvalue weighted by Gasteiger charge is -2.38. The Kier molecular flexibility index (Phi) is 5.15. The average Bonchev–Trinajstić information content (AvgIpc) is 3.31. The number of ether oxygens (including phenoxy) is 1. The fourth-order valence-electron chi connectivity index (χ4n) is 7.37. The van der Waals surface area contributed by atoms with E-state index in [-0.39, 0.29) is 10.8 Å². The standard InChI is InChI=1S/C40H30O/c1-39(28-14-5-3-6-15-28)32-20-10-9-18-31(32)38-30(19-13-22-35(38)39)27-24-25-34-37(26-27)41-36-23-12-11-21-33(36)40(34,2)29-16-7-4-8-17-29/h3-26H,1-2H3. The SMILES string of the molecule is CC1(c2ccccc2)c2ccccc2Oc2cc(-c3cccc4c3-c3ccccc3C4(C)c3ccccc3)ccc21. The Morgan fingerprint density at radius 1 is 0.415 bits per heavy atom. The molecule has 0 fully saturated rings. The van der Waals surface area contributed by atoms with Crippen molar-refractivity contribution in [2.24, 2.45) is 0 Å². The highest BCUT2D eigenvalue weighted by atomic mass is 16.5. The van der Waals surface area contributed by atoms with Gasteiger partial charge in [-0.15, -0.1) is 0 Å². The minimum absolute atomic E-state index is 0.223. The van der Waals surface area contributed by atoms with Crippen molar-refractivity contribution in [1.29, 1.82) is 0 Å². The van der Waals surface area contributed by atoms with Gasteiger partial charge in [0.1, 0.15) is 11.5 Å². The first-order valence-electron chi connectivity index (χ1n) is 14.4. The number of rotatable bonds is 3. The molecule has 6 aromatic rings. The van der Waals surface area contributed by atoms with E-state index in [9.17, 15) is 0 Å². The largest absolute Gasteiger partial charge is 0.457 e. The third-order valence-electron chi connectivity index (χ3n) is 9.52. The summed E-state index contributed by atoms with van der Waals surface area (Å²) in [6.45, 7) is 4.69. The molecule has 0 amide bonds. The van der Waals surface area contributed by atoms with Crippen molar-refractivity contribution in [3.05, 3.63) is 179 Å². The molecule has 1 aliphatic heterocycles. The van der Waals surface area contributed by atoms with Crippen LogP contribution in [0.25, 0.3) is 22.3 Å². The highest BCUT2D eigenvalue weighted by Crippen LogP contribution is 2.56. The zero-order valence-corrected chi connectivity index (χ0v) is 23.3. The lowest BCUT2D eigenvalue weighted by Crippen LogP contribution is -2.29. The van der Waals surface area contributed by atoms with Gasteiger partial charge < -0.3 is 4.74 Å². The average molecular weight is 527 g/mol. The summed E-state index contributed by atoms with van der Waals surface area (Å²) in [6.07, 6.45) is 0. The Hall–Kier alpha value is -4.88. The van der Waals surface area contributed by atoms with Crippen molar-refractivity contribution in [3.63, 3.8) is 0 Å². The molecule has 1 nitrogen and oxygen atoms in total. The summed E-state index contributed by atoms with van der Waals surface area (Å²) in [7, 11) is 0. The Morgan fingerprint density at radius 2 is 0.951 bits per heavy atom. The molecule has 0 aromatic heterocycles. The molecule has 6 aromatic carbocycles. The molecule has 0 radical (unpaired) electrons. The van der Waals surface area contributed by atoms with Crippen LogP contribution < -0.4 is 4.74 Å². The second-order valence-electron chi connectivity index (χ2n) is 11.6. The summed E-state index contributed by atoms with van der Waals surface area (Å²) in [6, 6.07) is 52.7. The fourth-order valence-corrected chi connectivity index (χ4v) is 7.37. The van der Waals surface area contributed by atoms with Gasteiger partial charge in [-0.3, -0.25) is 0 Å². The van der Waals surface area contributed by atoms with E-state index in [1.165, 1.54) is 55.6 Å². The van der Waals surface area contributed by atoms with E-state index in [2.05, 4.69) is 159 Å². The van der Waals surface area contributed by atoms with Gasteiger partial charge in [0, 0.05) is 22.0 Å². The topological polar surface area (TPSA) is 9.23 Å². The maximum atomic E-state index is 6.66. The minimum Gasteiger partial charge on any atom is -0.457 e. The van der Waals surface area contributed by atoms with Crippen molar-refractivity contribution in [3.8, 4) is 33.8 Å². The number of hydrogen-bond acceptors (Lipinski definition) is 1. The molecule has 1 heteroatoms. The second-order valence-corrected chi connectivity index (χ2v) is 11.6. The van der Waals surface area contributed by atoms with E-state index >= 15 is 0 Å². The molecular formula is C40H30O. The van der Waals surface area contributed by atoms with Crippen LogP contribution in [0.4, 0.5) is 0 Å². The van der Waals surface area contributed by atoms with E-state index in [4.69, 9.17) is 4.74 Å². The zero-order valence-electron chi connectivity index (χ0n) is 23.3. The van der Waals surface area contributed by atoms with Gasteiger partial charge in [0.25, 0.3) is 0 Å². The number of hydrogen-bond donors (Lipinski definition) is 0. The molecule has 1 heterocycles. The minimum atomic E-state index is -0.318. The van der Waals surface area contributed by atoms with Crippen molar-refractivity contribution in [2.75, 3.05) is 0 Å². The van der Waals surface area contributed by atoms with Crippen LogP contribution in [0.2, 0.25) is 0 Å². The van der Waals surface area contributed by atoms with Crippen LogP contribution in [0, 0.1) is 0 Å². The van der Waals surface area contributed by atoms with Gasteiger partial charge in [0.2, 0.25) is 0 Å².